The number of hydrogen-bond donors (Lipinski definition) is 2. The third-order valence-corrected chi connectivity index (χ3v) is 6.33. The molecule has 29 heavy (non-hydrogen) atoms. The molecule has 0 saturated carbocycles. The van der Waals surface area contributed by atoms with E-state index in [1.54, 1.807) is 13.0 Å². The molecule has 0 aliphatic carbocycles. The van der Waals surface area contributed by atoms with Crippen LogP contribution >= 0.6 is 34.7 Å². The van der Waals surface area contributed by atoms with Gasteiger partial charge in [0.25, 0.3) is 5.69 Å². The van der Waals surface area contributed by atoms with Crippen LogP contribution in [0.25, 0.3) is 0 Å². The Morgan fingerprint density at radius 2 is 2.03 bits per heavy atom. The van der Waals surface area contributed by atoms with Crippen molar-refractivity contribution < 1.29 is 9.72 Å². The molecule has 0 aliphatic rings. The minimum absolute atomic E-state index is 0.0744. The van der Waals surface area contributed by atoms with E-state index in [2.05, 4.69) is 20.8 Å². The second-order valence-corrected chi connectivity index (χ2v) is 8.61. The Labute approximate surface area is 179 Å². The number of nitrogens with zero attached hydrogens (tertiary/aromatic N) is 3. The normalized spacial score (nSPS) is 10.6. The molecule has 2 aromatic carbocycles. The summed E-state index contributed by atoms with van der Waals surface area (Å²) < 4.78 is 0.623. The minimum Gasteiger partial charge on any atom is -0.330 e. The lowest BCUT2D eigenvalue weighted by atomic mass is 10.2. The molecular formula is C18H16ClN5O3S2. The lowest BCUT2D eigenvalue weighted by Crippen LogP contribution is -2.15. The average molecular weight is 450 g/mol. The van der Waals surface area contributed by atoms with Crippen LogP contribution in [0.2, 0.25) is 5.02 Å². The van der Waals surface area contributed by atoms with E-state index in [-0.39, 0.29) is 17.3 Å². The van der Waals surface area contributed by atoms with Crippen LogP contribution in [0, 0.1) is 24.0 Å². The number of halogens is 1. The van der Waals surface area contributed by atoms with Crippen LogP contribution in [0.5, 0.6) is 0 Å². The first kappa shape index (κ1) is 21.0. The number of benzene rings is 2. The van der Waals surface area contributed by atoms with Crippen molar-refractivity contribution in [3.63, 3.8) is 0 Å². The Kier molecular flexibility index (Phi) is 6.68. The highest BCUT2D eigenvalue weighted by Crippen LogP contribution is 2.31. The monoisotopic (exact) mass is 449 g/mol. The molecule has 1 heterocycles. The molecule has 3 rings (SSSR count). The van der Waals surface area contributed by atoms with Gasteiger partial charge in [0.2, 0.25) is 11.0 Å². The summed E-state index contributed by atoms with van der Waals surface area (Å²) in [5.41, 5.74) is 2.83. The van der Waals surface area contributed by atoms with Gasteiger partial charge in [-0.3, -0.25) is 14.9 Å². The fourth-order valence-electron chi connectivity index (χ4n) is 2.35. The fourth-order valence-corrected chi connectivity index (χ4v) is 4.09. The minimum atomic E-state index is -0.499. The van der Waals surface area contributed by atoms with Crippen LogP contribution < -0.4 is 10.6 Å². The number of carbonyl (C=O) groups excluding carboxylic acids is 1. The Morgan fingerprint density at radius 3 is 2.79 bits per heavy atom. The Hall–Kier alpha value is -2.69. The van der Waals surface area contributed by atoms with Crippen LogP contribution in [0.3, 0.4) is 0 Å². The van der Waals surface area contributed by atoms with E-state index in [0.29, 0.717) is 20.2 Å². The van der Waals surface area contributed by atoms with Crippen molar-refractivity contribution >= 4 is 62.8 Å². The van der Waals surface area contributed by atoms with Gasteiger partial charge in [0.05, 0.1) is 16.4 Å². The number of aryl methyl sites for hydroxylation is 1. The van der Waals surface area contributed by atoms with Crippen molar-refractivity contribution in [3.05, 3.63) is 62.7 Å². The van der Waals surface area contributed by atoms with Gasteiger partial charge >= 0.3 is 0 Å². The largest absolute Gasteiger partial charge is 0.330 e. The molecule has 0 aliphatic heterocycles. The topological polar surface area (TPSA) is 110 Å². The number of hydrogen-bond acceptors (Lipinski definition) is 8. The summed E-state index contributed by atoms with van der Waals surface area (Å²) in [5, 5.41) is 26.1. The third-order valence-electron chi connectivity index (χ3n) is 3.95. The molecule has 0 saturated heterocycles. The van der Waals surface area contributed by atoms with E-state index in [4.69, 9.17) is 11.6 Å². The standard InChI is InChI=1S/C18H16ClN5O3S2/c1-10-6-7-12(24(26)27)8-15(10)20-16(25)9-28-18-23-22-17(29-18)21-14-5-3-4-13(19)11(14)2/h3-8H,9H2,1-2H3,(H,20,25)(H,21,22). The summed E-state index contributed by atoms with van der Waals surface area (Å²) in [5.74, 6) is -0.179. The summed E-state index contributed by atoms with van der Waals surface area (Å²) in [4.78, 5) is 22.6. The van der Waals surface area contributed by atoms with E-state index >= 15 is 0 Å². The van der Waals surface area contributed by atoms with Gasteiger partial charge in [0, 0.05) is 22.8 Å². The van der Waals surface area contributed by atoms with Crippen molar-refractivity contribution in [1.82, 2.24) is 10.2 Å². The third kappa shape index (κ3) is 5.43. The lowest BCUT2D eigenvalue weighted by Gasteiger charge is -2.07. The fraction of sp³-hybridized carbons (Fsp3) is 0.167. The maximum atomic E-state index is 12.2. The molecule has 0 fully saturated rings. The number of thioether (sulfide) groups is 1. The van der Waals surface area contributed by atoms with Gasteiger partial charge in [0.15, 0.2) is 4.34 Å². The summed E-state index contributed by atoms with van der Waals surface area (Å²) in [6, 6.07) is 9.89. The first-order valence-corrected chi connectivity index (χ1v) is 10.5. The molecule has 2 N–H and O–H groups in total. The number of nitro benzene ring substituents is 1. The number of carbonyl (C=O) groups is 1. The van der Waals surface area contributed by atoms with Gasteiger partial charge in [0.1, 0.15) is 0 Å². The van der Waals surface area contributed by atoms with Crippen molar-refractivity contribution in [3.8, 4) is 0 Å². The highest BCUT2D eigenvalue weighted by atomic mass is 35.5. The number of anilines is 3. The van der Waals surface area contributed by atoms with E-state index in [1.807, 2.05) is 25.1 Å². The van der Waals surface area contributed by atoms with Crippen molar-refractivity contribution in [1.29, 1.82) is 0 Å². The van der Waals surface area contributed by atoms with Gasteiger partial charge in [-0.15, -0.1) is 10.2 Å². The number of amides is 1. The molecule has 1 aromatic heterocycles. The van der Waals surface area contributed by atoms with Crippen LogP contribution in [0.15, 0.2) is 40.7 Å². The summed E-state index contributed by atoms with van der Waals surface area (Å²) in [6.07, 6.45) is 0. The first-order chi connectivity index (χ1) is 13.8. The quantitative estimate of drug-likeness (QED) is 0.290. The van der Waals surface area contributed by atoms with Crippen molar-refractivity contribution in [2.45, 2.75) is 18.2 Å². The van der Waals surface area contributed by atoms with Crippen LogP contribution in [0.4, 0.5) is 22.2 Å². The van der Waals surface area contributed by atoms with Crippen LogP contribution in [-0.4, -0.2) is 26.8 Å². The molecule has 0 spiro atoms. The van der Waals surface area contributed by atoms with Gasteiger partial charge in [-0.05, 0) is 37.1 Å². The zero-order chi connectivity index (χ0) is 21.0. The van der Waals surface area contributed by atoms with E-state index in [9.17, 15) is 14.9 Å². The molecule has 1 amide bonds. The zero-order valence-corrected chi connectivity index (χ0v) is 17.8. The van der Waals surface area contributed by atoms with Gasteiger partial charge < -0.3 is 10.6 Å². The summed E-state index contributed by atoms with van der Waals surface area (Å²) in [6.45, 7) is 3.68. The van der Waals surface area contributed by atoms with Gasteiger partial charge in [-0.1, -0.05) is 46.8 Å². The maximum Gasteiger partial charge on any atom is 0.271 e. The predicted octanol–water partition coefficient (Wildman–Crippen LogP) is 5.19. The van der Waals surface area contributed by atoms with Crippen molar-refractivity contribution in [2.24, 2.45) is 0 Å². The summed E-state index contributed by atoms with van der Waals surface area (Å²) in [7, 11) is 0. The first-order valence-electron chi connectivity index (χ1n) is 8.37. The van der Waals surface area contributed by atoms with Crippen LogP contribution in [-0.2, 0) is 4.79 Å². The number of non-ortho nitro benzene ring substituents is 1. The number of nitrogens with one attached hydrogen (secondary N) is 2. The van der Waals surface area contributed by atoms with Crippen molar-refractivity contribution in [2.75, 3.05) is 16.4 Å². The molecule has 150 valence electrons. The smallest absolute Gasteiger partial charge is 0.271 e. The summed E-state index contributed by atoms with van der Waals surface area (Å²) >= 11 is 8.67. The highest BCUT2D eigenvalue weighted by Gasteiger charge is 2.13. The average Bonchev–Trinajstić information content (AvgIpc) is 3.13. The molecule has 8 nitrogen and oxygen atoms in total. The van der Waals surface area contributed by atoms with E-state index in [1.165, 1.54) is 35.2 Å². The van der Waals surface area contributed by atoms with Crippen LogP contribution in [0.1, 0.15) is 11.1 Å². The second kappa shape index (κ2) is 9.21. The molecule has 11 heteroatoms. The number of rotatable bonds is 7. The maximum absolute atomic E-state index is 12.2. The Morgan fingerprint density at radius 1 is 1.24 bits per heavy atom. The zero-order valence-electron chi connectivity index (χ0n) is 15.4. The SMILES string of the molecule is Cc1ccc([N+](=O)[O-])cc1NC(=O)CSc1nnc(Nc2cccc(Cl)c2C)s1. The van der Waals surface area contributed by atoms with Gasteiger partial charge in [-0.2, -0.15) is 0 Å². The Balaban J connectivity index is 1.58. The molecule has 0 atom stereocenters. The molecule has 0 radical (unpaired) electrons. The highest BCUT2D eigenvalue weighted by molar-refractivity contribution is 8.01. The molecule has 3 aromatic rings. The Bertz CT molecular complexity index is 1070. The van der Waals surface area contributed by atoms with E-state index < -0.39 is 4.92 Å². The molecular weight excluding hydrogens is 434 g/mol. The second-order valence-electron chi connectivity index (χ2n) is 6.00. The van der Waals surface area contributed by atoms with Gasteiger partial charge in [-0.25, -0.2) is 0 Å². The predicted molar refractivity (Wildman–Crippen MR) is 117 cm³/mol. The molecule has 0 unspecified atom stereocenters. The van der Waals surface area contributed by atoms with E-state index in [0.717, 1.165) is 16.8 Å². The molecule has 0 bridgehead atoms. The number of nitro groups is 1. The number of aromatic nitrogens is 2. The lowest BCUT2D eigenvalue weighted by molar-refractivity contribution is -0.384.